The standard InChI is InChI=1S/C22H24FN5.HI/c1-24-21(26-16-22(10-11-22)19-8-2-3-9-20(19)23)25-15-17-6-4-7-18(14-17)28-13-5-12-27-28;/h2-9,12-14H,10-11,15-16H2,1H3,(H2,24,25,26);1H. The van der Waals surface area contributed by atoms with Gasteiger partial charge in [-0.05, 0) is 48.2 Å². The van der Waals surface area contributed by atoms with Gasteiger partial charge in [0.2, 0.25) is 0 Å². The Kier molecular flexibility index (Phi) is 6.89. The van der Waals surface area contributed by atoms with Crippen LogP contribution < -0.4 is 10.6 Å². The highest BCUT2D eigenvalue weighted by Crippen LogP contribution is 2.48. The summed E-state index contributed by atoms with van der Waals surface area (Å²) in [6.45, 7) is 1.31. The van der Waals surface area contributed by atoms with Gasteiger partial charge in [-0.15, -0.1) is 24.0 Å². The van der Waals surface area contributed by atoms with E-state index in [1.54, 1.807) is 19.3 Å². The molecule has 0 aliphatic heterocycles. The van der Waals surface area contributed by atoms with E-state index in [4.69, 9.17) is 0 Å². The van der Waals surface area contributed by atoms with E-state index >= 15 is 0 Å². The zero-order chi connectivity index (χ0) is 19.4. The van der Waals surface area contributed by atoms with Crippen molar-refractivity contribution in [1.29, 1.82) is 0 Å². The number of hydrogen-bond donors (Lipinski definition) is 2. The fraction of sp³-hybridized carbons (Fsp3) is 0.273. The zero-order valence-corrected chi connectivity index (χ0v) is 18.6. The molecule has 1 heterocycles. The van der Waals surface area contributed by atoms with Gasteiger partial charge in [0.25, 0.3) is 0 Å². The van der Waals surface area contributed by atoms with Crippen molar-refractivity contribution in [2.24, 2.45) is 4.99 Å². The first-order chi connectivity index (χ1) is 13.7. The average Bonchev–Trinajstić information content (AvgIpc) is 3.30. The SMILES string of the molecule is CN=C(NCc1cccc(-n2cccn2)c1)NCC1(c2ccccc2F)CC1.I. The first-order valence-corrected chi connectivity index (χ1v) is 9.49. The van der Waals surface area contributed by atoms with E-state index in [1.165, 1.54) is 6.07 Å². The van der Waals surface area contributed by atoms with Gasteiger partial charge in [0.1, 0.15) is 5.82 Å². The minimum Gasteiger partial charge on any atom is -0.356 e. The van der Waals surface area contributed by atoms with Crippen LogP contribution in [-0.2, 0) is 12.0 Å². The summed E-state index contributed by atoms with van der Waals surface area (Å²) in [5.41, 5.74) is 2.82. The molecule has 1 fully saturated rings. The van der Waals surface area contributed by atoms with Gasteiger partial charge in [-0.3, -0.25) is 4.99 Å². The topological polar surface area (TPSA) is 54.2 Å². The van der Waals surface area contributed by atoms with Gasteiger partial charge in [0.15, 0.2) is 5.96 Å². The number of nitrogens with one attached hydrogen (secondary N) is 2. The Balaban J connectivity index is 0.00000240. The van der Waals surface area contributed by atoms with E-state index in [2.05, 4.69) is 32.9 Å². The first-order valence-electron chi connectivity index (χ1n) is 9.49. The molecule has 4 rings (SSSR count). The lowest BCUT2D eigenvalue weighted by atomic mass is 9.95. The Bertz CT molecular complexity index is 967. The van der Waals surface area contributed by atoms with Crippen LogP contribution in [0.1, 0.15) is 24.0 Å². The summed E-state index contributed by atoms with van der Waals surface area (Å²) in [6, 6.07) is 17.2. The normalized spacial score (nSPS) is 14.8. The highest BCUT2D eigenvalue weighted by atomic mass is 127. The number of aliphatic imine (C=N–C) groups is 1. The number of nitrogens with zero attached hydrogens (tertiary/aromatic N) is 3. The molecule has 7 heteroatoms. The third-order valence-corrected chi connectivity index (χ3v) is 5.26. The number of halogens is 2. The quantitative estimate of drug-likeness (QED) is 0.302. The van der Waals surface area contributed by atoms with Crippen LogP contribution in [0.5, 0.6) is 0 Å². The molecule has 1 aliphatic carbocycles. The highest BCUT2D eigenvalue weighted by Gasteiger charge is 2.45. The number of rotatable bonds is 6. The Hall–Kier alpha value is -2.42. The van der Waals surface area contributed by atoms with E-state index < -0.39 is 0 Å². The monoisotopic (exact) mass is 505 g/mol. The van der Waals surface area contributed by atoms with Gasteiger partial charge < -0.3 is 10.6 Å². The number of aromatic nitrogens is 2. The number of benzene rings is 2. The predicted molar refractivity (Wildman–Crippen MR) is 124 cm³/mol. The van der Waals surface area contributed by atoms with Gasteiger partial charge in [0.05, 0.1) is 5.69 Å². The molecule has 0 saturated heterocycles. The maximum Gasteiger partial charge on any atom is 0.191 e. The summed E-state index contributed by atoms with van der Waals surface area (Å²) in [5.74, 6) is 0.590. The van der Waals surface area contributed by atoms with Crippen LogP contribution >= 0.6 is 24.0 Å². The first kappa shape index (κ1) is 21.3. The fourth-order valence-corrected chi connectivity index (χ4v) is 3.47. The molecule has 3 aromatic rings. The minimum absolute atomic E-state index is 0. The molecule has 0 unspecified atom stereocenters. The Morgan fingerprint density at radius 1 is 1.14 bits per heavy atom. The van der Waals surface area contributed by atoms with E-state index in [0.29, 0.717) is 19.0 Å². The second-order valence-electron chi connectivity index (χ2n) is 7.16. The molecule has 5 nitrogen and oxygen atoms in total. The third-order valence-electron chi connectivity index (χ3n) is 5.26. The van der Waals surface area contributed by atoms with Crippen molar-refractivity contribution in [3.05, 3.63) is 83.9 Å². The summed E-state index contributed by atoms with van der Waals surface area (Å²) in [7, 11) is 1.75. The molecule has 29 heavy (non-hydrogen) atoms. The Labute approximate surface area is 187 Å². The molecule has 2 aromatic carbocycles. The second kappa shape index (κ2) is 9.39. The lowest BCUT2D eigenvalue weighted by molar-refractivity contribution is 0.559. The summed E-state index contributed by atoms with van der Waals surface area (Å²) in [5, 5.41) is 11.0. The molecule has 0 amide bonds. The van der Waals surface area contributed by atoms with Gasteiger partial charge in [-0.2, -0.15) is 5.10 Å². The zero-order valence-electron chi connectivity index (χ0n) is 16.3. The van der Waals surface area contributed by atoms with Crippen molar-refractivity contribution in [1.82, 2.24) is 20.4 Å². The maximum absolute atomic E-state index is 14.2. The van der Waals surface area contributed by atoms with Crippen molar-refractivity contribution in [2.45, 2.75) is 24.8 Å². The predicted octanol–water partition coefficient (Wildman–Crippen LogP) is 4.03. The second-order valence-corrected chi connectivity index (χ2v) is 7.16. The van der Waals surface area contributed by atoms with Crippen molar-refractivity contribution in [3.63, 3.8) is 0 Å². The molecule has 2 N–H and O–H groups in total. The van der Waals surface area contributed by atoms with Crippen LogP contribution in [0.4, 0.5) is 4.39 Å². The molecule has 0 bridgehead atoms. The lowest BCUT2D eigenvalue weighted by Crippen LogP contribution is -2.41. The fourth-order valence-electron chi connectivity index (χ4n) is 3.47. The molecule has 0 spiro atoms. The summed E-state index contributed by atoms with van der Waals surface area (Å²) in [4.78, 5) is 4.31. The van der Waals surface area contributed by atoms with Crippen molar-refractivity contribution < 1.29 is 4.39 Å². The van der Waals surface area contributed by atoms with Crippen LogP contribution in [0.3, 0.4) is 0 Å². The van der Waals surface area contributed by atoms with Crippen LogP contribution in [0.25, 0.3) is 5.69 Å². The summed E-state index contributed by atoms with van der Waals surface area (Å²) >= 11 is 0. The van der Waals surface area contributed by atoms with Crippen molar-refractivity contribution >= 4 is 29.9 Å². The van der Waals surface area contributed by atoms with Gasteiger partial charge >= 0.3 is 0 Å². The third kappa shape index (κ3) is 4.95. The van der Waals surface area contributed by atoms with Gasteiger partial charge in [-0.25, -0.2) is 9.07 Å². The minimum atomic E-state index is -0.125. The number of guanidine groups is 1. The van der Waals surface area contributed by atoms with Crippen LogP contribution in [0.2, 0.25) is 0 Å². The van der Waals surface area contributed by atoms with Crippen LogP contribution in [0, 0.1) is 5.82 Å². The molecule has 0 atom stereocenters. The smallest absolute Gasteiger partial charge is 0.191 e. The molecule has 1 aliphatic rings. The molecular formula is C22H25FIN5. The van der Waals surface area contributed by atoms with Crippen molar-refractivity contribution in [3.8, 4) is 5.69 Å². The van der Waals surface area contributed by atoms with E-state index in [1.807, 2.05) is 41.2 Å². The highest BCUT2D eigenvalue weighted by molar-refractivity contribution is 14.0. The Morgan fingerprint density at radius 3 is 2.66 bits per heavy atom. The molecular weight excluding hydrogens is 480 g/mol. The van der Waals surface area contributed by atoms with Crippen LogP contribution in [-0.4, -0.2) is 29.3 Å². The van der Waals surface area contributed by atoms with E-state index in [0.717, 1.165) is 29.7 Å². The van der Waals surface area contributed by atoms with E-state index in [9.17, 15) is 4.39 Å². The number of hydrogen-bond acceptors (Lipinski definition) is 2. The Morgan fingerprint density at radius 2 is 1.97 bits per heavy atom. The van der Waals surface area contributed by atoms with Gasteiger partial charge in [-0.1, -0.05) is 30.3 Å². The molecule has 1 saturated carbocycles. The summed E-state index contributed by atoms with van der Waals surface area (Å²) < 4.78 is 16.0. The summed E-state index contributed by atoms with van der Waals surface area (Å²) in [6.07, 6.45) is 5.67. The molecule has 152 valence electrons. The van der Waals surface area contributed by atoms with Crippen molar-refractivity contribution in [2.75, 3.05) is 13.6 Å². The lowest BCUT2D eigenvalue weighted by Gasteiger charge is -2.19. The van der Waals surface area contributed by atoms with Crippen LogP contribution in [0.15, 0.2) is 72.0 Å². The molecule has 1 aromatic heterocycles. The average molecular weight is 505 g/mol. The van der Waals surface area contributed by atoms with Gasteiger partial charge in [0, 0.05) is 37.9 Å². The van der Waals surface area contributed by atoms with E-state index in [-0.39, 0.29) is 35.2 Å². The maximum atomic E-state index is 14.2. The molecule has 0 radical (unpaired) electrons. The largest absolute Gasteiger partial charge is 0.356 e.